The number of nitrogens with one attached hydrogen (secondary N) is 2. The second-order valence-corrected chi connectivity index (χ2v) is 8.79. The summed E-state index contributed by atoms with van der Waals surface area (Å²) in [6.07, 6.45) is 6.36. The summed E-state index contributed by atoms with van der Waals surface area (Å²) in [4.78, 5) is 7.40. The Bertz CT molecular complexity index is 612. The van der Waals surface area contributed by atoms with Crippen LogP contribution in [0.1, 0.15) is 57.9 Å². The van der Waals surface area contributed by atoms with Crippen molar-refractivity contribution in [3.8, 4) is 0 Å². The number of benzene rings is 1. The van der Waals surface area contributed by atoms with E-state index in [0.717, 1.165) is 64.2 Å². The normalized spacial score (nSPS) is 27.5. The van der Waals surface area contributed by atoms with Gasteiger partial charge in [-0.2, -0.15) is 0 Å². The van der Waals surface area contributed by atoms with E-state index in [1.165, 1.54) is 12.0 Å². The number of rotatable bonds is 6. The number of aliphatic hydroxyl groups is 1. The number of nitrogens with zero attached hydrogens (tertiary/aromatic N) is 2. The lowest BCUT2D eigenvalue weighted by Gasteiger charge is -2.37. The van der Waals surface area contributed by atoms with Gasteiger partial charge in [-0.15, -0.1) is 0 Å². The fraction of sp³-hybridized carbons (Fsp3) is 0.696. The van der Waals surface area contributed by atoms with E-state index in [2.05, 4.69) is 59.7 Å². The van der Waals surface area contributed by atoms with Crippen molar-refractivity contribution in [1.82, 2.24) is 15.5 Å². The van der Waals surface area contributed by atoms with Crippen molar-refractivity contribution in [2.75, 3.05) is 26.2 Å². The molecule has 1 saturated heterocycles. The Balaban J connectivity index is 1.49. The highest BCUT2D eigenvalue weighted by molar-refractivity contribution is 5.80. The Morgan fingerprint density at radius 2 is 1.93 bits per heavy atom. The van der Waals surface area contributed by atoms with Crippen LogP contribution in [0.5, 0.6) is 0 Å². The lowest BCUT2D eigenvalue weighted by atomic mass is 9.73. The molecule has 2 fully saturated rings. The molecule has 5 heteroatoms. The predicted molar refractivity (Wildman–Crippen MR) is 116 cm³/mol. The van der Waals surface area contributed by atoms with Crippen molar-refractivity contribution in [2.45, 2.75) is 71.1 Å². The number of likely N-dealkylation sites (tertiary alicyclic amines) is 1. The molecule has 1 aromatic carbocycles. The Morgan fingerprint density at radius 1 is 1.18 bits per heavy atom. The van der Waals surface area contributed by atoms with Gasteiger partial charge in [0.2, 0.25) is 0 Å². The summed E-state index contributed by atoms with van der Waals surface area (Å²) in [5.41, 5.74) is 1.31. The molecule has 1 aromatic rings. The van der Waals surface area contributed by atoms with Crippen LogP contribution in [0.4, 0.5) is 0 Å². The number of piperidine rings is 1. The fourth-order valence-electron chi connectivity index (χ4n) is 4.42. The maximum atomic E-state index is 10.4. The van der Waals surface area contributed by atoms with Crippen molar-refractivity contribution < 1.29 is 5.11 Å². The third-order valence-electron chi connectivity index (χ3n) is 6.40. The highest BCUT2D eigenvalue weighted by Crippen LogP contribution is 2.36. The van der Waals surface area contributed by atoms with Crippen LogP contribution in [0.2, 0.25) is 0 Å². The number of aliphatic hydroxyl groups excluding tert-OH is 1. The van der Waals surface area contributed by atoms with Crippen LogP contribution in [0.25, 0.3) is 0 Å². The van der Waals surface area contributed by atoms with Gasteiger partial charge in [0.05, 0.1) is 12.6 Å². The molecule has 156 valence electrons. The van der Waals surface area contributed by atoms with Crippen molar-refractivity contribution >= 4 is 5.96 Å². The number of hydrogen-bond acceptors (Lipinski definition) is 3. The molecule has 0 radical (unpaired) electrons. The first kappa shape index (κ1) is 21.1. The zero-order valence-electron chi connectivity index (χ0n) is 17.7. The molecule has 0 spiro atoms. The molecule has 28 heavy (non-hydrogen) atoms. The van der Waals surface area contributed by atoms with E-state index < -0.39 is 0 Å². The van der Waals surface area contributed by atoms with E-state index in [-0.39, 0.29) is 11.5 Å². The van der Waals surface area contributed by atoms with Gasteiger partial charge in [-0.3, -0.25) is 9.89 Å². The van der Waals surface area contributed by atoms with E-state index in [0.29, 0.717) is 12.6 Å². The second-order valence-electron chi connectivity index (χ2n) is 8.79. The smallest absolute Gasteiger partial charge is 0.191 e. The van der Waals surface area contributed by atoms with E-state index >= 15 is 0 Å². The van der Waals surface area contributed by atoms with E-state index in [1.807, 2.05) is 0 Å². The molecule has 1 saturated carbocycles. The molecule has 2 atom stereocenters. The molecule has 1 heterocycles. The molecule has 0 bridgehead atoms. The maximum absolute atomic E-state index is 10.4. The molecule has 1 aliphatic carbocycles. The van der Waals surface area contributed by atoms with Gasteiger partial charge in [-0.25, -0.2) is 0 Å². The van der Waals surface area contributed by atoms with Crippen molar-refractivity contribution in [3.05, 3.63) is 35.9 Å². The topological polar surface area (TPSA) is 59.9 Å². The van der Waals surface area contributed by atoms with Crippen LogP contribution in [-0.2, 0) is 6.54 Å². The maximum Gasteiger partial charge on any atom is 0.191 e. The van der Waals surface area contributed by atoms with Gasteiger partial charge < -0.3 is 15.7 Å². The molecular weight excluding hydrogens is 348 g/mol. The average Bonchev–Trinajstić information content (AvgIpc) is 2.71. The molecule has 2 unspecified atom stereocenters. The van der Waals surface area contributed by atoms with Gasteiger partial charge in [0.1, 0.15) is 0 Å². The van der Waals surface area contributed by atoms with Crippen molar-refractivity contribution in [2.24, 2.45) is 10.4 Å². The van der Waals surface area contributed by atoms with E-state index in [4.69, 9.17) is 4.99 Å². The van der Waals surface area contributed by atoms with Gasteiger partial charge in [0, 0.05) is 37.6 Å². The largest absolute Gasteiger partial charge is 0.392 e. The summed E-state index contributed by atoms with van der Waals surface area (Å²) >= 11 is 0. The zero-order chi connectivity index (χ0) is 19.8. The van der Waals surface area contributed by atoms with Gasteiger partial charge in [-0.1, -0.05) is 50.1 Å². The summed E-state index contributed by atoms with van der Waals surface area (Å²) in [7, 11) is 0. The quantitative estimate of drug-likeness (QED) is 0.519. The van der Waals surface area contributed by atoms with Gasteiger partial charge in [0.15, 0.2) is 5.96 Å². The minimum absolute atomic E-state index is 0.0837. The molecule has 5 nitrogen and oxygen atoms in total. The Hall–Kier alpha value is -1.59. The minimum atomic E-state index is -0.228. The Morgan fingerprint density at radius 3 is 2.61 bits per heavy atom. The lowest BCUT2D eigenvalue weighted by Crippen LogP contribution is -2.49. The molecule has 3 N–H and O–H groups in total. The average molecular weight is 387 g/mol. The van der Waals surface area contributed by atoms with Crippen LogP contribution in [0, 0.1) is 5.41 Å². The van der Waals surface area contributed by atoms with Crippen LogP contribution in [-0.4, -0.2) is 54.3 Å². The summed E-state index contributed by atoms with van der Waals surface area (Å²) in [5.74, 6) is 0.906. The fourth-order valence-corrected chi connectivity index (χ4v) is 4.42. The lowest BCUT2D eigenvalue weighted by molar-refractivity contribution is 0.00715. The summed E-state index contributed by atoms with van der Waals surface area (Å²) < 4.78 is 0. The molecule has 1 aliphatic heterocycles. The second kappa shape index (κ2) is 10.3. The highest BCUT2D eigenvalue weighted by atomic mass is 16.3. The Labute approximate surface area is 170 Å². The van der Waals surface area contributed by atoms with Crippen LogP contribution >= 0.6 is 0 Å². The van der Waals surface area contributed by atoms with E-state index in [1.54, 1.807) is 0 Å². The first-order chi connectivity index (χ1) is 13.6. The highest BCUT2D eigenvalue weighted by Gasteiger charge is 2.35. The first-order valence-corrected chi connectivity index (χ1v) is 11.1. The molecular formula is C23H38N4O. The van der Waals surface area contributed by atoms with Crippen LogP contribution < -0.4 is 10.6 Å². The van der Waals surface area contributed by atoms with Gasteiger partial charge in [0.25, 0.3) is 0 Å². The molecule has 0 amide bonds. The van der Waals surface area contributed by atoms with Crippen LogP contribution in [0.15, 0.2) is 35.3 Å². The molecule has 0 aromatic heterocycles. The monoisotopic (exact) mass is 386 g/mol. The SMILES string of the molecule is CCNC(=NCC1(C)CCCCC1O)NC1CCN(Cc2ccccc2)CC1. The minimum Gasteiger partial charge on any atom is -0.392 e. The standard InChI is InChI=1S/C23H38N4O/c1-3-24-22(25-18-23(2)14-8-7-11-21(23)28)26-20-12-15-27(16-13-20)17-19-9-5-4-6-10-19/h4-6,9-10,20-21,28H,3,7-8,11-18H2,1-2H3,(H2,24,25,26). The summed E-state index contributed by atoms with van der Waals surface area (Å²) in [5, 5.41) is 17.5. The predicted octanol–water partition coefficient (Wildman–Crippen LogP) is 3.15. The van der Waals surface area contributed by atoms with Gasteiger partial charge in [-0.05, 0) is 38.2 Å². The number of hydrogen-bond donors (Lipinski definition) is 3. The summed E-state index contributed by atoms with van der Waals surface area (Å²) in [6, 6.07) is 11.2. The van der Waals surface area contributed by atoms with Crippen molar-refractivity contribution in [3.63, 3.8) is 0 Å². The number of aliphatic imine (C=N–C) groups is 1. The van der Waals surface area contributed by atoms with Crippen LogP contribution in [0.3, 0.4) is 0 Å². The number of guanidine groups is 1. The Kier molecular flexibility index (Phi) is 7.74. The third-order valence-corrected chi connectivity index (χ3v) is 6.40. The van der Waals surface area contributed by atoms with E-state index in [9.17, 15) is 5.11 Å². The van der Waals surface area contributed by atoms with Gasteiger partial charge >= 0.3 is 0 Å². The molecule has 2 aliphatic rings. The molecule has 3 rings (SSSR count). The van der Waals surface area contributed by atoms with Crippen molar-refractivity contribution in [1.29, 1.82) is 0 Å². The zero-order valence-corrected chi connectivity index (χ0v) is 17.7. The third kappa shape index (κ3) is 5.95. The first-order valence-electron chi connectivity index (χ1n) is 11.1. The summed E-state index contributed by atoms with van der Waals surface area (Å²) in [6.45, 7) is 9.11.